The van der Waals surface area contributed by atoms with Gasteiger partial charge in [0.25, 0.3) is 0 Å². The molecule has 0 heterocycles. The molecule has 0 aliphatic heterocycles. The van der Waals surface area contributed by atoms with Crippen molar-refractivity contribution in [1.82, 2.24) is 0 Å². The molecule has 0 unspecified atom stereocenters. The van der Waals surface area contributed by atoms with Gasteiger partial charge in [-0.05, 0) is 29.7 Å². The van der Waals surface area contributed by atoms with Crippen LogP contribution in [-0.2, 0) is 4.57 Å². The van der Waals surface area contributed by atoms with Crippen LogP contribution in [0.4, 0.5) is 0 Å². The molecular formula is C10H9O4P. The van der Waals surface area contributed by atoms with Gasteiger partial charge in [-0.3, -0.25) is 4.57 Å². The Hall–Kier alpha value is -1.35. The molecule has 0 atom stereocenters. The molecule has 15 heavy (non-hydrogen) atoms. The van der Waals surface area contributed by atoms with E-state index in [1.54, 1.807) is 12.1 Å². The summed E-state index contributed by atoms with van der Waals surface area (Å²) in [5.74, 6) is 0.102. The minimum absolute atomic E-state index is 0.0411. The highest BCUT2D eigenvalue weighted by atomic mass is 31.2. The second-order valence-electron chi connectivity index (χ2n) is 3.23. The van der Waals surface area contributed by atoms with Gasteiger partial charge in [0.2, 0.25) is 0 Å². The van der Waals surface area contributed by atoms with E-state index in [1.165, 1.54) is 24.3 Å². The van der Waals surface area contributed by atoms with Gasteiger partial charge in [0.05, 0.1) is 5.30 Å². The average molecular weight is 224 g/mol. The fourth-order valence-electron chi connectivity index (χ4n) is 1.44. The lowest BCUT2D eigenvalue weighted by Gasteiger charge is -2.06. The Labute approximate surface area is 86.0 Å². The second-order valence-corrected chi connectivity index (χ2v) is 4.83. The van der Waals surface area contributed by atoms with E-state index < -0.39 is 7.60 Å². The van der Waals surface area contributed by atoms with E-state index in [-0.39, 0.29) is 11.1 Å². The molecule has 2 aromatic carbocycles. The molecule has 0 aliphatic carbocycles. The largest absolute Gasteiger partial charge is 0.507 e. The van der Waals surface area contributed by atoms with Gasteiger partial charge in [-0.1, -0.05) is 12.1 Å². The first-order valence-corrected chi connectivity index (χ1v) is 5.87. The van der Waals surface area contributed by atoms with Gasteiger partial charge in [0, 0.05) is 5.39 Å². The lowest BCUT2D eigenvalue weighted by Crippen LogP contribution is -2.02. The number of rotatable bonds is 1. The number of phenols is 1. The van der Waals surface area contributed by atoms with Gasteiger partial charge in [0.15, 0.2) is 0 Å². The van der Waals surface area contributed by atoms with E-state index in [1.807, 2.05) is 0 Å². The molecule has 0 aromatic heterocycles. The number of fused-ring (bicyclic) bond motifs is 1. The first-order chi connectivity index (χ1) is 6.98. The summed E-state index contributed by atoms with van der Waals surface area (Å²) in [5, 5.41) is 10.6. The molecule has 0 fully saturated rings. The monoisotopic (exact) mass is 224 g/mol. The topological polar surface area (TPSA) is 77.8 Å². The van der Waals surface area contributed by atoms with Crippen molar-refractivity contribution in [2.24, 2.45) is 0 Å². The third kappa shape index (κ3) is 1.88. The Balaban J connectivity index is 2.73. The minimum atomic E-state index is -4.22. The second kappa shape index (κ2) is 3.35. The highest BCUT2D eigenvalue weighted by molar-refractivity contribution is 7.60. The highest BCUT2D eigenvalue weighted by Crippen LogP contribution is 2.35. The molecular weight excluding hydrogens is 215 g/mol. The molecule has 3 N–H and O–H groups in total. The van der Waals surface area contributed by atoms with Gasteiger partial charge >= 0.3 is 7.60 Å². The van der Waals surface area contributed by atoms with Crippen LogP contribution >= 0.6 is 7.60 Å². The molecule has 0 amide bonds. The normalized spacial score (nSPS) is 11.9. The van der Waals surface area contributed by atoms with Crippen LogP contribution in [-0.4, -0.2) is 14.9 Å². The summed E-state index contributed by atoms with van der Waals surface area (Å²) >= 11 is 0. The van der Waals surface area contributed by atoms with Crippen molar-refractivity contribution in [3.8, 4) is 5.75 Å². The van der Waals surface area contributed by atoms with Crippen LogP contribution in [0, 0.1) is 0 Å². The van der Waals surface area contributed by atoms with Crippen molar-refractivity contribution in [3.63, 3.8) is 0 Å². The lowest BCUT2D eigenvalue weighted by molar-refractivity contribution is 0.387. The maximum Gasteiger partial charge on any atom is 0.356 e. The third-order valence-corrected chi connectivity index (χ3v) is 3.13. The number of hydrogen-bond donors (Lipinski definition) is 3. The Morgan fingerprint density at radius 1 is 1.07 bits per heavy atom. The zero-order valence-electron chi connectivity index (χ0n) is 7.66. The van der Waals surface area contributed by atoms with Gasteiger partial charge in [-0.15, -0.1) is 0 Å². The predicted molar refractivity (Wildman–Crippen MR) is 57.3 cm³/mol. The molecule has 78 valence electrons. The van der Waals surface area contributed by atoms with Gasteiger partial charge in [-0.2, -0.15) is 0 Å². The van der Waals surface area contributed by atoms with Gasteiger partial charge in [0.1, 0.15) is 5.75 Å². The van der Waals surface area contributed by atoms with Crippen molar-refractivity contribution >= 4 is 23.7 Å². The average Bonchev–Trinajstić information content (AvgIpc) is 2.16. The Morgan fingerprint density at radius 3 is 2.47 bits per heavy atom. The maximum atomic E-state index is 11.0. The van der Waals surface area contributed by atoms with Crippen LogP contribution < -0.4 is 5.30 Å². The zero-order valence-corrected chi connectivity index (χ0v) is 8.56. The van der Waals surface area contributed by atoms with Crippen LogP contribution in [0.2, 0.25) is 0 Å². The summed E-state index contributed by atoms with van der Waals surface area (Å²) < 4.78 is 11.0. The first kappa shape index (κ1) is 10.2. The third-order valence-electron chi connectivity index (χ3n) is 2.18. The summed E-state index contributed by atoms with van der Waals surface area (Å²) in [7, 11) is -4.22. The summed E-state index contributed by atoms with van der Waals surface area (Å²) in [4.78, 5) is 17.9. The molecule has 2 rings (SSSR count). The Morgan fingerprint density at radius 2 is 1.80 bits per heavy atom. The predicted octanol–water partition coefficient (Wildman–Crippen LogP) is 1.35. The van der Waals surface area contributed by atoms with Crippen molar-refractivity contribution in [1.29, 1.82) is 0 Å². The summed E-state index contributed by atoms with van der Waals surface area (Å²) in [6.45, 7) is 0. The zero-order chi connectivity index (χ0) is 11.1. The van der Waals surface area contributed by atoms with Gasteiger partial charge in [-0.25, -0.2) is 0 Å². The first-order valence-electron chi connectivity index (χ1n) is 4.26. The van der Waals surface area contributed by atoms with Crippen LogP contribution in [0.5, 0.6) is 5.75 Å². The summed E-state index contributed by atoms with van der Waals surface area (Å²) in [6, 6.07) is 9.05. The fourth-order valence-corrected chi connectivity index (χ4v) is 2.01. The lowest BCUT2D eigenvalue weighted by atomic mass is 10.1. The van der Waals surface area contributed by atoms with Crippen molar-refractivity contribution in [2.45, 2.75) is 0 Å². The van der Waals surface area contributed by atoms with E-state index in [2.05, 4.69) is 0 Å². The summed E-state index contributed by atoms with van der Waals surface area (Å²) in [6.07, 6.45) is 0. The Bertz CT molecular complexity index is 558. The summed E-state index contributed by atoms with van der Waals surface area (Å²) in [5.41, 5.74) is 0. The molecule has 0 aliphatic rings. The van der Waals surface area contributed by atoms with E-state index >= 15 is 0 Å². The molecule has 0 spiro atoms. The molecule has 5 heteroatoms. The van der Waals surface area contributed by atoms with Crippen LogP contribution in [0.1, 0.15) is 0 Å². The van der Waals surface area contributed by atoms with Crippen molar-refractivity contribution in [2.75, 3.05) is 0 Å². The van der Waals surface area contributed by atoms with Crippen LogP contribution in [0.3, 0.4) is 0 Å². The molecule has 0 saturated carbocycles. The minimum Gasteiger partial charge on any atom is -0.507 e. The number of hydrogen-bond acceptors (Lipinski definition) is 2. The van der Waals surface area contributed by atoms with E-state index in [4.69, 9.17) is 9.79 Å². The number of phenolic OH excluding ortho intramolecular Hbond substituents is 1. The van der Waals surface area contributed by atoms with E-state index in [0.29, 0.717) is 10.8 Å². The molecule has 0 bridgehead atoms. The van der Waals surface area contributed by atoms with Crippen LogP contribution in [0.25, 0.3) is 10.8 Å². The molecule has 4 nitrogen and oxygen atoms in total. The number of benzene rings is 2. The highest BCUT2D eigenvalue weighted by Gasteiger charge is 2.17. The van der Waals surface area contributed by atoms with E-state index in [0.717, 1.165) is 0 Å². The SMILES string of the molecule is O=P(O)(O)c1ccc2c(O)cccc2c1. The van der Waals surface area contributed by atoms with E-state index in [9.17, 15) is 9.67 Å². The standard InChI is InChI=1S/C10H9O4P/c11-10-3-1-2-7-6-8(15(12,13)14)4-5-9(7)10/h1-6,11H,(H2,12,13,14). The number of aromatic hydroxyl groups is 1. The molecule has 0 saturated heterocycles. The van der Waals surface area contributed by atoms with Gasteiger partial charge < -0.3 is 14.9 Å². The fraction of sp³-hybridized carbons (Fsp3) is 0. The smallest absolute Gasteiger partial charge is 0.356 e. The quantitative estimate of drug-likeness (QED) is 0.639. The molecule has 2 aromatic rings. The van der Waals surface area contributed by atoms with Crippen molar-refractivity contribution < 1.29 is 19.5 Å². The van der Waals surface area contributed by atoms with Crippen molar-refractivity contribution in [3.05, 3.63) is 36.4 Å². The maximum absolute atomic E-state index is 11.0. The molecule has 0 radical (unpaired) electrons. The Kier molecular flexibility index (Phi) is 2.27. The van der Waals surface area contributed by atoms with Crippen LogP contribution in [0.15, 0.2) is 36.4 Å².